The lowest BCUT2D eigenvalue weighted by Crippen LogP contribution is -2.42. The normalized spacial score (nSPS) is 27.8. The van der Waals surface area contributed by atoms with E-state index < -0.39 is 0 Å². The Bertz CT molecular complexity index is 246. The van der Waals surface area contributed by atoms with Gasteiger partial charge in [-0.05, 0) is 57.3 Å². The van der Waals surface area contributed by atoms with Crippen LogP contribution in [0.2, 0.25) is 0 Å². The zero-order chi connectivity index (χ0) is 13.0. The molecule has 1 unspecified atom stereocenters. The highest BCUT2D eigenvalue weighted by molar-refractivity contribution is 4.87. The molecule has 1 atom stereocenters. The van der Waals surface area contributed by atoms with Gasteiger partial charge in [-0.15, -0.1) is 0 Å². The molecule has 2 saturated heterocycles. The van der Waals surface area contributed by atoms with Gasteiger partial charge in [-0.2, -0.15) is 0 Å². The summed E-state index contributed by atoms with van der Waals surface area (Å²) in [7, 11) is 0. The van der Waals surface area contributed by atoms with Crippen molar-refractivity contribution in [1.29, 1.82) is 0 Å². The second-order valence-corrected chi connectivity index (χ2v) is 6.98. The molecule has 0 saturated carbocycles. The summed E-state index contributed by atoms with van der Waals surface area (Å²) in [5.74, 6) is 0. The lowest BCUT2D eigenvalue weighted by Gasteiger charge is -2.33. The van der Waals surface area contributed by atoms with Crippen LogP contribution in [0.5, 0.6) is 0 Å². The van der Waals surface area contributed by atoms with Gasteiger partial charge in [0, 0.05) is 19.1 Å². The highest BCUT2D eigenvalue weighted by Crippen LogP contribution is 2.26. The number of hydrogen-bond acceptors (Lipinski definition) is 3. The van der Waals surface area contributed by atoms with E-state index in [2.05, 4.69) is 23.6 Å². The van der Waals surface area contributed by atoms with Crippen LogP contribution in [0.25, 0.3) is 0 Å². The first-order valence-electron chi connectivity index (χ1n) is 7.77. The largest absolute Gasteiger partial charge is 0.330 e. The number of hydrogen-bond donors (Lipinski definition) is 1. The summed E-state index contributed by atoms with van der Waals surface area (Å²) in [5.41, 5.74) is 6.09. The molecule has 3 nitrogen and oxygen atoms in total. The van der Waals surface area contributed by atoms with Crippen molar-refractivity contribution in [2.24, 2.45) is 11.1 Å². The van der Waals surface area contributed by atoms with E-state index in [1.165, 1.54) is 58.4 Å². The summed E-state index contributed by atoms with van der Waals surface area (Å²) in [6.45, 7) is 12.0. The molecule has 18 heavy (non-hydrogen) atoms. The number of nitrogens with zero attached hydrogens (tertiary/aromatic N) is 2. The van der Waals surface area contributed by atoms with Crippen LogP contribution in [0.4, 0.5) is 0 Å². The molecule has 3 heteroatoms. The Labute approximate surface area is 113 Å². The molecule has 0 bridgehead atoms. The van der Waals surface area contributed by atoms with Crippen molar-refractivity contribution in [3.8, 4) is 0 Å². The smallest absolute Gasteiger partial charge is 0.0235 e. The minimum atomic E-state index is 0.380. The van der Waals surface area contributed by atoms with Crippen LogP contribution < -0.4 is 5.73 Å². The van der Waals surface area contributed by atoms with E-state index in [1.54, 1.807) is 0 Å². The maximum Gasteiger partial charge on any atom is 0.0235 e. The van der Waals surface area contributed by atoms with Gasteiger partial charge < -0.3 is 10.6 Å². The summed E-state index contributed by atoms with van der Waals surface area (Å²) in [6.07, 6.45) is 6.78. The van der Waals surface area contributed by atoms with Crippen LogP contribution in [-0.4, -0.2) is 55.1 Å². The Kier molecular flexibility index (Phi) is 5.05. The number of nitrogens with two attached hydrogens (primary N) is 1. The second kappa shape index (κ2) is 6.36. The molecule has 2 heterocycles. The van der Waals surface area contributed by atoms with Gasteiger partial charge in [0.1, 0.15) is 0 Å². The van der Waals surface area contributed by atoms with Gasteiger partial charge in [-0.25, -0.2) is 0 Å². The Morgan fingerprint density at radius 1 is 1.11 bits per heavy atom. The van der Waals surface area contributed by atoms with Crippen molar-refractivity contribution in [3.05, 3.63) is 0 Å². The summed E-state index contributed by atoms with van der Waals surface area (Å²) in [5, 5.41) is 0. The lowest BCUT2D eigenvalue weighted by molar-refractivity contribution is 0.147. The van der Waals surface area contributed by atoms with Crippen LogP contribution in [0, 0.1) is 5.41 Å². The molecule has 0 aromatic rings. The molecule has 2 rings (SSSR count). The SMILES string of the molecule is CC(C)(CCN)CN1CCC(N2CCCCC2)C1. The first kappa shape index (κ1) is 14.3. The van der Waals surface area contributed by atoms with Crippen molar-refractivity contribution >= 4 is 0 Å². The predicted octanol–water partition coefficient (Wildman–Crippen LogP) is 1.92. The Morgan fingerprint density at radius 3 is 2.50 bits per heavy atom. The fourth-order valence-corrected chi connectivity index (χ4v) is 3.61. The van der Waals surface area contributed by atoms with Crippen molar-refractivity contribution in [2.45, 2.75) is 52.0 Å². The van der Waals surface area contributed by atoms with Crippen molar-refractivity contribution in [2.75, 3.05) is 39.3 Å². The molecular formula is C15H31N3. The maximum absolute atomic E-state index is 5.71. The van der Waals surface area contributed by atoms with Gasteiger partial charge in [0.15, 0.2) is 0 Å². The summed E-state index contributed by atoms with van der Waals surface area (Å²) >= 11 is 0. The first-order valence-corrected chi connectivity index (χ1v) is 7.77. The average Bonchev–Trinajstić information content (AvgIpc) is 2.77. The average molecular weight is 253 g/mol. The van der Waals surface area contributed by atoms with Crippen molar-refractivity contribution < 1.29 is 0 Å². The molecule has 106 valence electrons. The van der Waals surface area contributed by atoms with Gasteiger partial charge in [0.05, 0.1) is 0 Å². The van der Waals surface area contributed by atoms with E-state index in [0.29, 0.717) is 5.41 Å². The monoisotopic (exact) mass is 253 g/mol. The summed E-state index contributed by atoms with van der Waals surface area (Å²) in [6, 6.07) is 0.832. The molecule has 0 aliphatic carbocycles. The molecule has 2 aliphatic rings. The van der Waals surface area contributed by atoms with Gasteiger partial charge in [-0.1, -0.05) is 20.3 Å². The summed E-state index contributed by atoms with van der Waals surface area (Å²) < 4.78 is 0. The Balaban J connectivity index is 1.77. The number of likely N-dealkylation sites (tertiary alicyclic amines) is 2. The first-order chi connectivity index (χ1) is 8.61. The van der Waals surface area contributed by atoms with E-state index in [-0.39, 0.29) is 0 Å². The fourth-order valence-electron chi connectivity index (χ4n) is 3.61. The zero-order valence-corrected chi connectivity index (χ0v) is 12.3. The lowest BCUT2D eigenvalue weighted by atomic mass is 9.89. The molecular weight excluding hydrogens is 222 g/mol. The maximum atomic E-state index is 5.71. The number of rotatable bonds is 5. The third-order valence-corrected chi connectivity index (χ3v) is 4.63. The highest BCUT2D eigenvalue weighted by Gasteiger charge is 2.31. The minimum absolute atomic E-state index is 0.380. The van der Waals surface area contributed by atoms with Crippen LogP contribution in [0.1, 0.15) is 46.0 Å². The summed E-state index contributed by atoms with van der Waals surface area (Å²) in [4.78, 5) is 5.40. The molecule has 2 fully saturated rings. The standard InChI is InChI=1S/C15H31N3/c1-15(2,7-8-16)13-17-11-6-14(12-17)18-9-4-3-5-10-18/h14H,3-13,16H2,1-2H3. The van der Waals surface area contributed by atoms with E-state index in [1.807, 2.05) is 0 Å². The topological polar surface area (TPSA) is 32.5 Å². The molecule has 0 aromatic heterocycles. The third-order valence-electron chi connectivity index (χ3n) is 4.63. The van der Waals surface area contributed by atoms with Crippen molar-refractivity contribution in [1.82, 2.24) is 9.80 Å². The second-order valence-electron chi connectivity index (χ2n) is 6.98. The fraction of sp³-hybridized carbons (Fsp3) is 1.00. The van der Waals surface area contributed by atoms with E-state index in [9.17, 15) is 0 Å². The minimum Gasteiger partial charge on any atom is -0.330 e. The molecule has 0 radical (unpaired) electrons. The molecule has 0 spiro atoms. The molecule has 0 aromatic carbocycles. The van der Waals surface area contributed by atoms with Crippen LogP contribution in [0.3, 0.4) is 0 Å². The van der Waals surface area contributed by atoms with Gasteiger partial charge in [0.2, 0.25) is 0 Å². The highest BCUT2D eigenvalue weighted by atomic mass is 15.3. The van der Waals surface area contributed by atoms with E-state index in [0.717, 1.165) is 19.0 Å². The zero-order valence-electron chi connectivity index (χ0n) is 12.3. The quantitative estimate of drug-likeness (QED) is 0.812. The Hall–Kier alpha value is -0.120. The molecule has 0 amide bonds. The van der Waals surface area contributed by atoms with Crippen LogP contribution in [-0.2, 0) is 0 Å². The molecule has 2 N–H and O–H groups in total. The van der Waals surface area contributed by atoms with E-state index >= 15 is 0 Å². The number of piperidine rings is 1. The predicted molar refractivity (Wildman–Crippen MR) is 77.7 cm³/mol. The van der Waals surface area contributed by atoms with Crippen LogP contribution in [0.15, 0.2) is 0 Å². The third kappa shape index (κ3) is 3.94. The van der Waals surface area contributed by atoms with Crippen LogP contribution >= 0.6 is 0 Å². The van der Waals surface area contributed by atoms with Crippen molar-refractivity contribution in [3.63, 3.8) is 0 Å². The van der Waals surface area contributed by atoms with E-state index in [4.69, 9.17) is 5.73 Å². The van der Waals surface area contributed by atoms with Gasteiger partial charge in [-0.3, -0.25) is 4.90 Å². The van der Waals surface area contributed by atoms with Gasteiger partial charge in [0.25, 0.3) is 0 Å². The Morgan fingerprint density at radius 2 is 1.83 bits per heavy atom. The molecule has 2 aliphatic heterocycles. The van der Waals surface area contributed by atoms with Gasteiger partial charge >= 0.3 is 0 Å².